The fourth-order valence-electron chi connectivity index (χ4n) is 2.90. The highest BCUT2D eigenvalue weighted by molar-refractivity contribution is 6.32. The van der Waals surface area contributed by atoms with Crippen LogP contribution in [-0.4, -0.2) is 23.9 Å². The van der Waals surface area contributed by atoms with Crippen LogP contribution in [0.25, 0.3) is 0 Å². The van der Waals surface area contributed by atoms with E-state index in [0.29, 0.717) is 22.9 Å². The highest BCUT2D eigenvalue weighted by Crippen LogP contribution is 2.43. The molecule has 1 aromatic rings. The Balaban J connectivity index is 1.84. The molecule has 3 rings (SSSR count). The van der Waals surface area contributed by atoms with Crippen molar-refractivity contribution < 1.29 is 14.6 Å². The van der Waals surface area contributed by atoms with Gasteiger partial charge in [0.2, 0.25) is 0 Å². The molecule has 2 fully saturated rings. The van der Waals surface area contributed by atoms with Crippen molar-refractivity contribution in [2.75, 3.05) is 7.11 Å². The summed E-state index contributed by atoms with van der Waals surface area (Å²) in [5, 5.41) is 10.6. The molecule has 3 nitrogen and oxygen atoms in total. The van der Waals surface area contributed by atoms with E-state index in [-0.39, 0.29) is 6.10 Å². The van der Waals surface area contributed by atoms with Crippen LogP contribution in [0.4, 0.5) is 0 Å². The average molecular weight is 297 g/mol. The lowest BCUT2D eigenvalue weighted by Gasteiger charge is -2.18. The fourth-order valence-corrected chi connectivity index (χ4v) is 3.21. The number of aliphatic hydroxyl groups is 1. The summed E-state index contributed by atoms with van der Waals surface area (Å²) in [6.07, 6.45) is 7.27. The number of methoxy groups -OCH3 is 1. The number of ether oxygens (including phenoxy) is 2. The standard InChI is InChI=1S/C16H21ClO3/c1-19-15-13(17)8-11(10-16(18)6-7-16)9-14(15)20-12-4-2-3-5-12/h8-9,12,18H,2-7,10H2,1H3. The molecule has 2 aliphatic carbocycles. The van der Waals surface area contributed by atoms with Crippen molar-refractivity contribution in [2.24, 2.45) is 0 Å². The topological polar surface area (TPSA) is 38.7 Å². The first-order chi connectivity index (χ1) is 9.59. The monoisotopic (exact) mass is 296 g/mol. The van der Waals surface area contributed by atoms with Crippen LogP contribution in [0, 0.1) is 0 Å². The molecule has 20 heavy (non-hydrogen) atoms. The zero-order chi connectivity index (χ0) is 14.2. The van der Waals surface area contributed by atoms with Crippen molar-refractivity contribution in [2.45, 2.75) is 56.7 Å². The quantitative estimate of drug-likeness (QED) is 0.899. The van der Waals surface area contributed by atoms with Crippen molar-refractivity contribution in [1.82, 2.24) is 0 Å². The van der Waals surface area contributed by atoms with Gasteiger partial charge in [-0.3, -0.25) is 0 Å². The van der Waals surface area contributed by atoms with Gasteiger partial charge in [0.1, 0.15) is 0 Å². The van der Waals surface area contributed by atoms with E-state index < -0.39 is 5.60 Å². The van der Waals surface area contributed by atoms with E-state index in [0.717, 1.165) is 31.2 Å². The predicted octanol–water partition coefficient (Wildman–Crippen LogP) is 3.74. The van der Waals surface area contributed by atoms with Crippen LogP contribution in [0.3, 0.4) is 0 Å². The number of hydrogen-bond donors (Lipinski definition) is 1. The molecule has 0 saturated heterocycles. The van der Waals surface area contributed by atoms with E-state index >= 15 is 0 Å². The lowest BCUT2D eigenvalue weighted by molar-refractivity contribution is 0.150. The van der Waals surface area contributed by atoms with Gasteiger partial charge in [-0.1, -0.05) is 11.6 Å². The molecule has 0 bridgehead atoms. The third-order valence-electron chi connectivity index (χ3n) is 4.23. The summed E-state index contributed by atoms with van der Waals surface area (Å²) in [6.45, 7) is 0. The number of rotatable bonds is 5. The number of halogens is 1. The first-order valence-electron chi connectivity index (χ1n) is 7.35. The van der Waals surface area contributed by atoms with Gasteiger partial charge < -0.3 is 14.6 Å². The summed E-state index contributed by atoms with van der Waals surface area (Å²) in [7, 11) is 1.61. The van der Waals surface area contributed by atoms with Crippen molar-refractivity contribution >= 4 is 11.6 Å². The summed E-state index contributed by atoms with van der Waals surface area (Å²) in [5.41, 5.74) is 0.492. The molecule has 0 aromatic heterocycles. The maximum atomic E-state index is 10.1. The smallest absolute Gasteiger partial charge is 0.179 e. The summed E-state index contributed by atoms with van der Waals surface area (Å²) in [4.78, 5) is 0. The third kappa shape index (κ3) is 3.04. The lowest BCUT2D eigenvalue weighted by Crippen LogP contribution is -2.14. The zero-order valence-electron chi connectivity index (χ0n) is 11.8. The van der Waals surface area contributed by atoms with Crippen LogP contribution in [-0.2, 0) is 6.42 Å². The highest BCUT2D eigenvalue weighted by Gasteiger charge is 2.40. The van der Waals surface area contributed by atoms with Crippen LogP contribution < -0.4 is 9.47 Å². The Bertz CT molecular complexity index is 491. The summed E-state index contributed by atoms with van der Waals surface area (Å²) < 4.78 is 11.4. The van der Waals surface area contributed by atoms with Gasteiger partial charge in [-0.15, -0.1) is 0 Å². The lowest BCUT2D eigenvalue weighted by atomic mass is 10.1. The summed E-state index contributed by atoms with van der Waals surface area (Å²) in [6, 6.07) is 3.84. The number of benzene rings is 1. The first-order valence-corrected chi connectivity index (χ1v) is 7.73. The highest BCUT2D eigenvalue weighted by atomic mass is 35.5. The third-order valence-corrected chi connectivity index (χ3v) is 4.51. The minimum Gasteiger partial charge on any atom is -0.491 e. The predicted molar refractivity (Wildman–Crippen MR) is 78.8 cm³/mol. The van der Waals surface area contributed by atoms with Crippen molar-refractivity contribution in [3.05, 3.63) is 22.7 Å². The number of hydrogen-bond acceptors (Lipinski definition) is 3. The van der Waals surface area contributed by atoms with Gasteiger partial charge in [0.15, 0.2) is 11.5 Å². The van der Waals surface area contributed by atoms with Gasteiger partial charge in [0.05, 0.1) is 23.8 Å². The molecule has 0 heterocycles. The Kier molecular flexibility index (Phi) is 3.83. The van der Waals surface area contributed by atoms with Crippen LogP contribution in [0.5, 0.6) is 11.5 Å². The van der Waals surface area contributed by atoms with Gasteiger partial charge in [-0.05, 0) is 56.2 Å². The van der Waals surface area contributed by atoms with Crippen molar-refractivity contribution in [3.63, 3.8) is 0 Å². The van der Waals surface area contributed by atoms with Crippen LogP contribution in [0.2, 0.25) is 5.02 Å². The second-order valence-electron chi connectivity index (χ2n) is 6.03. The van der Waals surface area contributed by atoms with Gasteiger partial charge >= 0.3 is 0 Å². The summed E-state index contributed by atoms with van der Waals surface area (Å²) >= 11 is 6.28. The molecule has 110 valence electrons. The first kappa shape index (κ1) is 14.0. The van der Waals surface area contributed by atoms with Crippen LogP contribution >= 0.6 is 11.6 Å². The van der Waals surface area contributed by atoms with E-state index in [2.05, 4.69) is 0 Å². The van der Waals surface area contributed by atoms with Gasteiger partial charge in [0, 0.05) is 6.42 Å². The second-order valence-corrected chi connectivity index (χ2v) is 6.44. The molecule has 0 amide bonds. The van der Waals surface area contributed by atoms with E-state index in [1.54, 1.807) is 7.11 Å². The van der Waals surface area contributed by atoms with E-state index in [1.165, 1.54) is 12.8 Å². The van der Waals surface area contributed by atoms with Gasteiger partial charge in [-0.25, -0.2) is 0 Å². The zero-order valence-corrected chi connectivity index (χ0v) is 12.6. The van der Waals surface area contributed by atoms with E-state index in [1.807, 2.05) is 12.1 Å². The second kappa shape index (κ2) is 5.45. The van der Waals surface area contributed by atoms with E-state index in [4.69, 9.17) is 21.1 Å². The molecular weight excluding hydrogens is 276 g/mol. The average Bonchev–Trinajstić information content (AvgIpc) is 2.89. The van der Waals surface area contributed by atoms with Gasteiger partial charge in [-0.2, -0.15) is 0 Å². The minimum atomic E-state index is -0.525. The molecule has 0 spiro atoms. The molecule has 0 radical (unpaired) electrons. The molecule has 4 heteroatoms. The SMILES string of the molecule is COc1c(Cl)cc(CC2(O)CC2)cc1OC1CCCC1. The Labute approximate surface area is 124 Å². The largest absolute Gasteiger partial charge is 0.491 e. The molecule has 0 unspecified atom stereocenters. The summed E-state index contributed by atoms with van der Waals surface area (Å²) in [5.74, 6) is 1.32. The molecule has 1 N–H and O–H groups in total. The Morgan fingerprint density at radius 1 is 1.30 bits per heavy atom. The maximum absolute atomic E-state index is 10.1. The van der Waals surface area contributed by atoms with Crippen LogP contribution in [0.15, 0.2) is 12.1 Å². The molecule has 2 saturated carbocycles. The Morgan fingerprint density at radius 2 is 2.00 bits per heavy atom. The molecule has 1 aromatic carbocycles. The Hall–Kier alpha value is -0.930. The molecular formula is C16H21ClO3. The van der Waals surface area contributed by atoms with Crippen LogP contribution in [0.1, 0.15) is 44.1 Å². The fraction of sp³-hybridized carbons (Fsp3) is 0.625. The van der Waals surface area contributed by atoms with E-state index in [9.17, 15) is 5.11 Å². The normalized spacial score (nSPS) is 20.9. The van der Waals surface area contributed by atoms with Crippen molar-refractivity contribution in [1.29, 1.82) is 0 Å². The maximum Gasteiger partial charge on any atom is 0.179 e. The minimum absolute atomic E-state index is 0.263. The Morgan fingerprint density at radius 3 is 2.60 bits per heavy atom. The van der Waals surface area contributed by atoms with Gasteiger partial charge in [0.25, 0.3) is 0 Å². The molecule has 0 aliphatic heterocycles. The molecule has 2 aliphatic rings. The van der Waals surface area contributed by atoms with Crippen molar-refractivity contribution in [3.8, 4) is 11.5 Å². The molecule has 0 atom stereocenters.